The van der Waals surface area contributed by atoms with Crippen molar-refractivity contribution in [3.8, 4) is 11.5 Å². The molecule has 2 aromatic rings. The lowest BCUT2D eigenvalue weighted by atomic mass is 10.1. The SMILES string of the molecule is CCCOc1cc(Br)c(/C=C2/C(=O)NC(=O)N(c3ccc(Cl)c(Cl)c3)C2=O)cc1OCC. The average Bonchev–Trinajstić information content (AvgIpc) is 2.74. The van der Waals surface area contributed by atoms with Crippen molar-refractivity contribution in [2.45, 2.75) is 20.3 Å². The van der Waals surface area contributed by atoms with Crippen molar-refractivity contribution in [3.63, 3.8) is 0 Å². The topological polar surface area (TPSA) is 84.9 Å². The summed E-state index contributed by atoms with van der Waals surface area (Å²) in [7, 11) is 0. The van der Waals surface area contributed by atoms with Crippen molar-refractivity contribution in [3.05, 3.63) is 56.0 Å². The van der Waals surface area contributed by atoms with Gasteiger partial charge in [0.1, 0.15) is 5.57 Å². The number of anilines is 1. The predicted octanol–water partition coefficient (Wildman–Crippen LogP) is 5.61. The number of hydrogen-bond acceptors (Lipinski definition) is 5. The first kappa shape index (κ1) is 24.1. The van der Waals surface area contributed by atoms with Crippen LogP contribution in [0.15, 0.2) is 40.4 Å². The number of carbonyl (C=O) groups excluding carboxylic acids is 3. The van der Waals surface area contributed by atoms with Crippen molar-refractivity contribution < 1.29 is 23.9 Å². The van der Waals surface area contributed by atoms with Gasteiger partial charge < -0.3 is 9.47 Å². The fraction of sp³-hybridized carbons (Fsp3) is 0.227. The minimum atomic E-state index is -0.882. The molecule has 0 unspecified atom stereocenters. The molecular formula is C22H19BrCl2N2O5. The molecule has 0 spiro atoms. The van der Waals surface area contributed by atoms with E-state index < -0.39 is 17.8 Å². The molecule has 0 aromatic heterocycles. The zero-order valence-corrected chi connectivity index (χ0v) is 20.3. The number of ether oxygens (including phenoxy) is 2. The lowest BCUT2D eigenvalue weighted by molar-refractivity contribution is -0.122. The summed E-state index contributed by atoms with van der Waals surface area (Å²) in [6.07, 6.45) is 2.20. The number of carbonyl (C=O) groups is 3. The van der Waals surface area contributed by atoms with E-state index in [1.54, 1.807) is 12.1 Å². The Kier molecular flexibility index (Phi) is 7.82. The number of urea groups is 1. The number of nitrogens with one attached hydrogen (secondary N) is 1. The van der Waals surface area contributed by atoms with Crippen LogP contribution >= 0.6 is 39.1 Å². The Morgan fingerprint density at radius 3 is 2.41 bits per heavy atom. The molecule has 1 N–H and O–H groups in total. The van der Waals surface area contributed by atoms with Crippen LogP contribution in [0.2, 0.25) is 10.0 Å². The molecule has 168 valence electrons. The van der Waals surface area contributed by atoms with Crippen LogP contribution in [0.3, 0.4) is 0 Å². The molecule has 0 saturated carbocycles. The Morgan fingerprint density at radius 1 is 1.03 bits per heavy atom. The van der Waals surface area contributed by atoms with Crippen molar-refractivity contribution in [2.75, 3.05) is 18.1 Å². The third-order valence-electron chi connectivity index (χ3n) is 4.39. The number of nitrogens with zero attached hydrogens (tertiary/aromatic N) is 1. The zero-order chi connectivity index (χ0) is 23.4. The van der Waals surface area contributed by atoms with E-state index in [1.807, 2.05) is 13.8 Å². The van der Waals surface area contributed by atoms with Gasteiger partial charge in [-0.05, 0) is 55.3 Å². The molecule has 4 amide bonds. The first-order valence-electron chi connectivity index (χ1n) is 9.72. The Hall–Kier alpha value is -2.55. The zero-order valence-electron chi connectivity index (χ0n) is 17.2. The molecule has 1 aliphatic heterocycles. The van der Waals surface area contributed by atoms with Crippen LogP contribution in [0, 0.1) is 0 Å². The average molecular weight is 542 g/mol. The highest BCUT2D eigenvalue weighted by Crippen LogP contribution is 2.36. The van der Waals surface area contributed by atoms with E-state index in [2.05, 4.69) is 21.2 Å². The predicted molar refractivity (Wildman–Crippen MR) is 127 cm³/mol. The molecule has 1 aliphatic rings. The second-order valence-electron chi connectivity index (χ2n) is 6.66. The number of barbiturate groups is 1. The summed E-state index contributed by atoms with van der Waals surface area (Å²) in [6.45, 7) is 4.73. The molecule has 0 atom stereocenters. The lowest BCUT2D eigenvalue weighted by Crippen LogP contribution is -2.54. The van der Waals surface area contributed by atoms with Crippen LogP contribution in [0.4, 0.5) is 10.5 Å². The van der Waals surface area contributed by atoms with Gasteiger partial charge in [-0.15, -0.1) is 0 Å². The molecule has 0 bridgehead atoms. The number of rotatable bonds is 7. The molecule has 3 rings (SSSR count). The summed E-state index contributed by atoms with van der Waals surface area (Å²) in [6, 6.07) is 6.78. The summed E-state index contributed by atoms with van der Waals surface area (Å²) < 4.78 is 12.0. The number of amides is 4. The summed E-state index contributed by atoms with van der Waals surface area (Å²) >= 11 is 15.4. The third-order valence-corrected chi connectivity index (χ3v) is 5.81. The Labute approximate surface area is 203 Å². The minimum absolute atomic E-state index is 0.166. The monoisotopic (exact) mass is 540 g/mol. The second-order valence-corrected chi connectivity index (χ2v) is 8.33. The van der Waals surface area contributed by atoms with Crippen LogP contribution in [0.1, 0.15) is 25.8 Å². The molecule has 1 saturated heterocycles. The van der Waals surface area contributed by atoms with Crippen LogP contribution < -0.4 is 19.7 Å². The highest BCUT2D eigenvalue weighted by molar-refractivity contribution is 9.10. The summed E-state index contributed by atoms with van der Waals surface area (Å²) in [5, 5.41) is 2.61. The largest absolute Gasteiger partial charge is 0.490 e. The summed E-state index contributed by atoms with van der Waals surface area (Å²) in [5.41, 5.74) is 0.443. The van der Waals surface area contributed by atoms with Gasteiger partial charge in [0.2, 0.25) is 0 Å². The second kappa shape index (κ2) is 10.4. The molecule has 1 heterocycles. The van der Waals surface area contributed by atoms with Gasteiger partial charge >= 0.3 is 6.03 Å². The number of benzene rings is 2. The number of hydrogen-bond donors (Lipinski definition) is 1. The van der Waals surface area contributed by atoms with Gasteiger partial charge in [-0.25, -0.2) is 9.69 Å². The van der Waals surface area contributed by atoms with E-state index in [4.69, 9.17) is 32.7 Å². The van der Waals surface area contributed by atoms with E-state index in [0.717, 1.165) is 11.3 Å². The van der Waals surface area contributed by atoms with Crippen LogP contribution in [-0.4, -0.2) is 31.1 Å². The summed E-state index contributed by atoms with van der Waals surface area (Å²) in [4.78, 5) is 38.8. The van der Waals surface area contributed by atoms with E-state index in [1.165, 1.54) is 24.3 Å². The highest BCUT2D eigenvalue weighted by Gasteiger charge is 2.37. The Morgan fingerprint density at radius 2 is 1.75 bits per heavy atom. The molecule has 0 aliphatic carbocycles. The van der Waals surface area contributed by atoms with Crippen LogP contribution in [0.25, 0.3) is 6.08 Å². The van der Waals surface area contributed by atoms with Gasteiger partial charge in [0.25, 0.3) is 11.8 Å². The molecule has 10 heteroatoms. The maximum atomic E-state index is 13.1. The van der Waals surface area contributed by atoms with Gasteiger partial charge in [0, 0.05) is 4.47 Å². The lowest BCUT2D eigenvalue weighted by Gasteiger charge is -2.26. The molecule has 1 fully saturated rings. The van der Waals surface area contributed by atoms with Crippen molar-refractivity contribution in [2.24, 2.45) is 0 Å². The first-order chi connectivity index (χ1) is 15.3. The van der Waals surface area contributed by atoms with Gasteiger partial charge in [0.05, 0.1) is 28.9 Å². The first-order valence-corrected chi connectivity index (χ1v) is 11.3. The van der Waals surface area contributed by atoms with E-state index in [9.17, 15) is 14.4 Å². The van der Waals surface area contributed by atoms with Gasteiger partial charge in [-0.1, -0.05) is 46.1 Å². The quantitative estimate of drug-likeness (QED) is 0.364. The van der Waals surface area contributed by atoms with Crippen LogP contribution in [-0.2, 0) is 9.59 Å². The molecule has 2 aromatic carbocycles. The standard InChI is InChI=1S/C22H19BrCl2N2O5/c1-3-7-32-19-11-15(23)12(9-18(19)31-4-2)8-14-20(28)26-22(30)27(21(14)29)13-5-6-16(24)17(25)10-13/h5-6,8-11H,3-4,7H2,1-2H3,(H,26,28,30)/b14-8-. The fourth-order valence-corrected chi connectivity index (χ4v) is 3.66. The van der Waals surface area contributed by atoms with Gasteiger partial charge in [-0.3, -0.25) is 14.9 Å². The fourth-order valence-electron chi connectivity index (χ4n) is 2.93. The van der Waals surface area contributed by atoms with Crippen molar-refractivity contribution >= 4 is 68.7 Å². The summed E-state index contributed by atoms with van der Waals surface area (Å²) in [5.74, 6) is -0.604. The van der Waals surface area contributed by atoms with Crippen molar-refractivity contribution in [1.29, 1.82) is 0 Å². The Bertz CT molecular complexity index is 1120. The maximum absolute atomic E-state index is 13.1. The number of imide groups is 2. The van der Waals surface area contributed by atoms with Crippen LogP contribution in [0.5, 0.6) is 11.5 Å². The third kappa shape index (κ3) is 5.09. The van der Waals surface area contributed by atoms with E-state index in [0.29, 0.717) is 34.7 Å². The minimum Gasteiger partial charge on any atom is -0.490 e. The molecule has 0 radical (unpaired) electrons. The highest BCUT2D eigenvalue weighted by atomic mass is 79.9. The maximum Gasteiger partial charge on any atom is 0.335 e. The smallest absolute Gasteiger partial charge is 0.335 e. The normalized spacial score (nSPS) is 15.2. The van der Waals surface area contributed by atoms with E-state index >= 15 is 0 Å². The number of halogens is 3. The Balaban J connectivity index is 2.03. The van der Waals surface area contributed by atoms with Gasteiger partial charge in [-0.2, -0.15) is 0 Å². The van der Waals surface area contributed by atoms with Gasteiger partial charge in [0.15, 0.2) is 11.5 Å². The molecule has 32 heavy (non-hydrogen) atoms. The van der Waals surface area contributed by atoms with E-state index in [-0.39, 0.29) is 21.3 Å². The van der Waals surface area contributed by atoms with Crippen molar-refractivity contribution in [1.82, 2.24) is 5.32 Å². The molecule has 7 nitrogen and oxygen atoms in total. The molecular weight excluding hydrogens is 523 g/mol.